The van der Waals surface area contributed by atoms with E-state index in [1.165, 1.54) is 0 Å². The molecular weight excluding hydrogens is 194 g/mol. The monoisotopic (exact) mass is 205 g/mol. The molecule has 0 saturated carbocycles. The first-order valence-corrected chi connectivity index (χ1v) is 4.74. The summed E-state index contributed by atoms with van der Waals surface area (Å²) in [7, 11) is 0. The summed E-state index contributed by atoms with van der Waals surface area (Å²) in [5.74, 6) is -0.263. The molecule has 0 aliphatic carbocycles. The molecule has 5 heteroatoms. The standard InChI is InChI=1S/C10H11N3O2/c1-2-15-10(14)6-8-7-13-9(12-8)4-3-5-11-13/h3-5,7H,2,6H2,1H3. The van der Waals surface area contributed by atoms with Gasteiger partial charge < -0.3 is 4.74 Å². The van der Waals surface area contributed by atoms with Crippen LogP contribution in [0, 0.1) is 0 Å². The quantitative estimate of drug-likeness (QED) is 0.696. The van der Waals surface area contributed by atoms with Crippen LogP contribution in [-0.4, -0.2) is 27.2 Å². The van der Waals surface area contributed by atoms with E-state index < -0.39 is 0 Å². The maximum atomic E-state index is 11.2. The zero-order valence-electron chi connectivity index (χ0n) is 8.38. The van der Waals surface area contributed by atoms with Crippen LogP contribution in [0.3, 0.4) is 0 Å². The summed E-state index contributed by atoms with van der Waals surface area (Å²) in [5.41, 5.74) is 1.41. The van der Waals surface area contributed by atoms with Crippen LogP contribution in [-0.2, 0) is 16.0 Å². The molecule has 2 rings (SSSR count). The van der Waals surface area contributed by atoms with Gasteiger partial charge in [0, 0.05) is 6.20 Å². The van der Waals surface area contributed by atoms with Gasteiger partial charge >= 0.3 is 5.97 Å². The third-order valence-corrected chi connectivity index (χ3v) is 1.92. The van der Waals surface area contributed by atoms with Crippen molar-refractivity contribution in [2.75, 3.05) is 6.61 Å². The number of esters is 1. The van der Waals surface area contributed by atoms with Gasteiger partial charge in [-0.1, -0.05) is 0 Å². The van der Waals surface area contributed by atoms with E-state index in [1.54, 1.807) is 29.9 Å². The number of aromatic nitrogens is 3. The van der Waals surface area contributed by atoms with Crippen LogP contribution in [0.25, 0.3) is 5.65 Å². The molecule has 0 fully saturated rings. The van der Waals surface area contributed by atoms with E-state index >= 15 is 0 Å². The van der Waals surface area contributed by atoms with Crippen LogP contribution in [0.4, 0.5) is 0 Å². The third-order valence-electron chi connectivity index (χ3n) is 1.92. The molecule has 78 valence electrons. The fourth-order valence-corrected chi connectivity index (χ4v) is 1.33. The second kappa shape index (κ2) is 4.08. The van der Waals surface area contributed by atoms with Crippen molar-refractivity contribution >= 4 is 11.6 Å². The van der Waals surface area contributed by atoms with Crippen LogP contribution in [0.1, 0.15) is 12.6 Å². The molecule has 5 nitrogen and oxygen atoms in total. The van der Waals surface area contributed by atoms with Gasteiger partial charge in [-0.3, -0.25) is 4.79 Å². The highest BCUT2D eigenvalue weighted by atomic mass is 16.5. The molecule has 0 radical (unpaired) electrons. The molecule has 0 aliphatic heterocycles. The predicted octanol–water partition coefficient (Wildman–Crippen LogP) is 0.835. The highest BCUT2D eigenvalue weighted by molar-refractivity contribution is 5.72. The maximum absolute atomic E-state index is 11.2. The lowest BCUT2D eigenvalue weighted by atomic mass is 10.3. The summed E-state index contributed by atoms with van der Waals surface area (Å²) >= 11 is 0. The molecule has 2 aromatic rings. The van der Waals surface area contributed by atoms with Crippen LogP contribution in [0.5, 0.6) is 0 Å². The Hall–Kier alpha value is -1.91. The lowest BCUT2D eigenvalue weighted by Gasteiger charge is -1.97. The number of hydrogen-bond donors (Lipinski definition) is 0. The number of hydrogen-bond acceptors (Lipinski definition) is 4. The minimum atomic E-state index is -0.263. The fourth-order valence-electron chi connectivity index (χ4n) is 1.33. The van der Waals surface area contributed by atoms with Crippen molar-refractivity contribution in [3.8, 4) is 0 Å². The van der Waals surface area contributed by atoms with Crippen molar-refractivity contribution in [2.45, 2.75) is 13.3 Å². The van der Waals surface area contributed by atoms with Crippen LogP contribution in [0.2, 0.25) is 0 Å². The predicted molar refractivity (Wildman–Crippen MR) is 53.3 cm³/mol. The lowest BCUT2D eigenvalue weighted by molar-refractivity contribution is -0.142. The first-order chi connectivity index (χ1) is 7.29. The molecule has 0 saturated heterocycles. The molecular formula is C10H11N3O2. The van der Waals surface area contributed by atoms with Gasteiger partial charge in [0.25, 0.3) is 0 Å². The summed E-state index contributed by atoms with van der Waals surface area (Å²) in [6.45, 7) is 2.17. The first kappa shape index (κ1) is 9.64. The lowest BCUT2D eigenvalue weighted by Crippen LogP contribution is -2.07. The average Bonchev–Trinajstić information content (AvgIpc) is 2.59. The molecule has 0 atom stereocenters. The number of imidazole rings is 1. The van der Waals surface area contributed by atoms with Gasteiger partial charge in [0.2, 0.25) is 0 Å². The zero-order chi connectivity index (χ0) is 10.7. The zero-order valence-corrected chi connectivity index (χ0v) is 8.38. The average molecular weight is 205 g/mol. The van der Waals surface area contributed by atoms with Gasteiger partial charge in [-0.25, -0.2) is 9.50 Å². The summed E-state index contributed by atoms with van der Waals surface area (Å²) in [6.07, 6.45) is 3.59. The van der Waals surface area contributed by atoms with Crippen LogP contribution >= 0.6 is 0 Å². The van der Waals surface area contributed by atoms with E-state index in [4.69, 9.17) is 4.74 Å². The smallest absolute Gasteiger partial charge is 0.311 e. The number of rotatable bonds is 3. The van der Waals surface area contributed by atoms with E-state index in [2.05, 4.69) is 10.1 Å². The van der Waals surface area contributed by atoms with Gasteiger partial charge in [0.1, 0.15) is 0 Å². The van der Waals surface area contributed by atoms with E-state index in [9.17, 15) is 4.79 Å². The molecule has 0 aliphatic rings. The van der Waals surface area contributed by atoms with Crippen molar-refractivity contribution in [1.29, 1.82) is 0 Å². The third kappa shape index (κ3) is 2.12. The van der Waals surface area contributed by atoms with Crippen molar-refractivity contribution in [2.24, 2.45) is 0 Å². The Balaban J connectivity index is 2.18. The summed E-state index contributed by atoms with van der Waals surface area (Å²) in [4.78, 5) is 15.4. The topological polar surface area (TPSA) is 56.5 Å². The molecule has 2 heterocycles. The Morgan fingerprint density at radius 3 is 3.20 bits per heavy atom. The normalized spacial score (nSPS) is 10.5. The minimum Gasteiger partial charge on any atom is -0.466 e. The molecule has 0 aromatic carbocycles. The van der Waals surface area contributed by atoms with Gasteiger partial charge in [0.05, 0.1) is 24.9 Å². The number of carbonyl (C=O) groups excluding carboxylic acids is 1. The van der Waals surface area contributed by atoms with E-state index in [-0.39, 0.29) is 12.4 Å². The SMILES string of the molecule is CCOC(=O)Cc1cn2ncccc2n1. The van der Waals surface area contributed by atoms with Crippen molar-refractivity contribution in [3.05, 3.63) is 30.2 Å². The van der Waals surface area contributed by atoms with Crippen molar-refractivity contribution in [1.82, 2.24) is 14.6 Å². The Bertz CT molecular complexity index is 445. The number of carbonyl (C=O) groups is 1. The minimum absolute atomic E-state index is 0.192. The summed E-state index contributed by atoms with van der Waals surface area (Å²) < 4.78 is 6.47. The maximum Gasteiger partial charge on any atom is 0.311 e. The van der Waals surface area contributed by atoms with E-state index in [1.807, 2.05) is 6.07 Å². The molecule has 0 bridgehead atoms. The number of fused-ring (bicyclic) bond motifs is 1. The van der Waals surface area contributed by atoms with Crippen molar-refractivity contribution in [3.63, 3.8) is 0 Å². The highest BCUT2D eigenvalue weighted by Crippen LogP contribution is 2.03. The Kier molecular flexibility index (Phi) is 2.62. The van der Waals surface area contributed by atoms with Crippen LogP contribution < -0.4 is 0 Å². The van der Waals surface area contributed by atoms with Crippen molar-refractivity contribution < 1.29 is 9.53 Å². The molecule has 15 heavy (non-hydrogen) atoms. The first-order valence-electron chi connectivity index (χ1n) is 4.74. The molecule has 2 aromatic heterocycles. The Labute approximate surface area is 86.7 Å². The van der Waals surface area contributed by atoms with Gasteiger partial charge in [-0.2, -0.15) is 5.10 Å². The van der Waals surface area contributed by atoms with Gasteiger partial charge in [-0.05, 0) is 19.1 Å². The highest BCUT2D eigenvalue weighted by Gasteiger charge is 2.07. The Morgan fingerprint density at radius 1 is 1.60 bits per heavy atom. The van der Waals surface area contributed by atoms with E-state index in [0.29, 0.717) is 12.3 Å². The fraction of sp³-hybridized carbons (Fsp3) is 0.300. The summed E-state index contributed by atoms with van der Waals surface area (Å²) in [5, 5.41) is 4.06. The number of ether oxygens (including phenoxy) is 1. The molecule has 0 unspecified atom stereocenters. The van der Waals surface area contributed by atoms with Gasteiger partial charge in [-0.15, -0.1) is 0 Å². The van der Waals surface area contributed by atoms with Gasteiger partial charge in [0.15, 0.2) is 5.65 Å². The van der Waals surface area contributed by atoms with E-state index in [0.717, 1.165) is 5.65 Å². The Morgan fingerprint density at radius 2 is 2.47 bits per heavy atom. The second-order valence-electron chi connectivity index (χ2n) is 3.04. The molecule has 0 amide bonds. The summed E-state index contributed by atoms with van der Waals surface area (Å²) in [6, 6.07) is 3.64. The largest absolute Gasteiger partial charge is 0.466 e. The molecule has 0 spiro atoms. The van der Waals surface area contributed by atoms with Crippen LogP contribution in [0.15, 0.2) is 24.5 Å². The number of nitrogens with zero attached hydrogens (tertiary/aromatic N) is 3. The molecule has 0 N–H and O–H groups in total. The second-order valence-corrected chi connectivity index (χ2v) is 3.04.